The summed E-state index contributed by atoms with van der Waals surface area (Å²) >= 11 is 5.40. The summed E-state index contributed by atoms with van der Waals surface area (Å²) in [7, 11) is 0. The molecular formula is C11H11ClF3N. The maximum atomic E-state index is 13.7. The lowest BCUT2D eigenvalue weighted by Crippen LogP contribution is -2.32. The van der Waals surface area contributed by atoms with Crippen molar-refractivity contribution in [1.29, 1.82) is 0 Å². The normalized spacial score (nSPS) is 19.6. The molecule has 5 heteroatoms. The fourth-order valence-corrected chi connectivity index (χ4v) is 2.23. The van der Waals surface area contributed by atoms with Crippen LogP contribution in [0.15, 0.2) is 6.07 Å². The fourth-order valence-electron chi connectivity index (χ4n) is 2.04. The molecule has 0 aromatic heterocycles. The molecule has 1 unspecified atom stereocenters. The van der Waals surface area contributed by atoms with Crippen molar-refractivity contribution in [3.05, 3.63) is 34.1 Å². The maximum Gasteiger partial charge on any atom is 0.180 e. The molecule has 0 bridgehead atoms. The van der Waals surface area contributed by atoms with Crippen molar-refractivity contribution in [1.82, 2.24) is 0 Å². The fraction of sp³-hybridized carbons (Fsp3) is 0.455. The van der Waals surface area contributed by atoms with Gasteiger partial charge < -0.3 is 5.73 Å². The Bertz CT molecular complexity index is 441. The second-order valence-corrected chi connectivity index (χ2v) is 4.67. The third kappa shape index (κ3) is 1.52. The van der Waals surface area contributed by atoms with Crippen molar-refractivity contribution < 1.29 is 13.2 Å². The van der Waals surface area contributed by atoms with Crippen LogP contribution in [0.25, 0.3) is 0 Å². The molecule has 1 fully saturated rings. The highest BCUT2D eigenvalue weighted by molar-refractivity contribution is 6.31. The molecule has 0 aliphatic heterocycles. The van der Waals surface area contributed by atoms with E-state index in [-0.39, 0.29) is 11.6 Å². The maximum absolute atomic E-state index is 13.7. The van der Waals surface area contributed by atoms with Gasteiger partial charge in [-0.25, -0.2) is 13.2 Å². The Balaban J connectivity index is 2.59. The van der Waals surface area contributed by atoms with Gasteiger partial charge in [-0.2, -0.15) is 0 Å². The zero-order valence-corrected chi connectivity index (χ0v) is 9.41. The minimum atomic E-state index is -1.34. The van der Waals surface area contributed by atoms with Gasteiger partial charge in [0.05, 0.1) is 0 Å². The summed E-state index contributed by atoms with van der Waals surface area (Å²) in [5, 5.41) is -0.790. The molecule has 0 spiro atoms. The van der Waals surface area contributed by atoms with Crippen molar-refractivity contribution >= 4 is 11.6 Å². The molecular weight excluding hydrogens is 239 g/mol. The molecule has 2 N–H and O–H groups in total. The van der Waals surface area contributed by atoms with E-state index in [9.17, 15) is 13.2 Å². The summed E-state index contributed by atoms with van der Waals surface area (Å²) in [4.78, 5) is 0. The first-order valence-electron chi connectivity index (χ1n) is 4.99. The Morgan fingerprint density at radius 2 is 1.88 bits per heavy atom. The van der Waals surface area contributed by atoms with E-state index in [0.29, 0.717) is 12.8 Å². The topological polar surface area (TPSA) is 26.0 Å². The van der Waals surface area contributed by atoms with Gasteiger partial charge in [0.2, 0.25) is 0 Å². The van der Waals surface area contributed by atoms with E-state index in [2.05, 4.69) is 0 Å². The van der Waals surface area contributed by atoms with Gasteiger partial charge in [0.1, 0.15) is 10.8 Å². The highest BCUT2D eigenvalue weighted by atomic mass is 35.5. The zero-order valence-electron chi connectivity index (χ0n) is 8.66. The summed E-state index contributed by atoms with van der Waals surface area (Å²) in [6.07, 6.45) is 1.34. The lowest BCUT2D eigenvalue weighted by Gasteiger charge is -2.21. The van der Waals surface area contributed by atoms with Crippen LogP contribution in [0.5, 0.6) is 0 Å². The largest absolute Gasteiger partial charge is 0.327 e. The number of hydrogen-bond acceptors (Lipinski definition) is 1. The second kappa shape index (κ2) is 3.64. The van der Waals surface area contributed by atoms with Gasteiger partial charge in [-0.05, 0) is 25.8 Å². The Labute approximate surface area is 96.4 Å². The molecule has 88 valence electrons. The number of nitrogens with two attached hydrogens (primary N) is 1. The van der Waals surface area contributed by atoms with Crippen molar-refractivity contribution in [2.75, 3.05) is 0 Å². The van der Waals surface area contributed by atoms with Crippen LogP contribution >= 0.6 is 11.6 Å². The summed E-state index contributed by atoms with van der Waals surface area (Å²) in [5.41, 5.74) is 5.25. The molecule has 0 amide bonds. The highest BCUT2D eigenvalue weighted by Gasteiger charge is 2.50. The molecule has 1 nitrogen and oxygen atoms in total. The van der Waals surface area contributed by atoms with E-state index in [0.717, 1.165) is 6.07 Å². The second-order valence-electron chi connectivity index (χ2n) is 4.29. The van der Waals surface area contributed by atoms with Gasteiger partial charge in [0.25, 0.3) is 0 Å². The van der Waals surface area contributed by atoms with Gasteiger partial charge in [-0.3, -0.25) is 0 Å². The van der Waals surface area contributed by atoms with Gasteiger partial charge in [0.15, 0.2) is 11.6 Å². The molecule has 16 heavy (non-hydrogen) atoms. The number of halogens is 4. The Morgan fingerprint density at radius 3 is 2.31 bits per heavy atom. The Kier molecular flexibility index (Phi) is 2.67. The smallest absolute Gasteiger partial charge is 0.180 e. The van der Waals surface area contributed by atoms with Crippen LogP contribution in [0.2, 0.25) is 5.02 Å². The predicted molar refractivity (Wildman–Crippen MR) is 55.9 cm³/mol. The molecule has 0 heterocycles. The van der Waals surface area contributed by atoms with E-state index in [1.54, 1.807) is 6.92 Å². The number of benzene rings is 1. The zero-order chi connectivity index (χ0) is 12.1. The van der Waals surface area contributed by atoms with Crippen LogP contribution in [0.1, 0.15) is 25.3 Å². The SMILES string of the molecule is CC(N)C1(c2cc(F)c(F)c(Cl)c2F)CC1. The quantitative estimate of drug-likeness (QED) is 0.632. The van der Waals surface area contributed by atoms with E-state index in [4.69, 9.17) is 17.3 Å². The average molecular weight is 250 g/mol. The van der Waals surface area contributed by atoms with Crippen LogP contribution in [0.3, 0.4) is 0 Å². The summed E-state index contributed by atoms with van der Waals surface area (Å²) < 4.78 is 39.9. The van der Waals surface area contributed by atoms with E-state index < -0.39 is 27.9 Å². The number of rotatable bonds is 2. The van der Waals surface area contributed by atoms with Crippen LogP contribution in [0.4, 0.5) is 13.2 Å². The monoisotopic (exact) mass is 249 g/mol. The molecule has 1 aromatic rings. The average Bonchev–Trinajstić information content (AvgIpc) is 3.01. The lowest BCUT2D eigenvalue weighted by molar-refractivity contribution is 0.468. The van der Waals surface area contributed by atoms with Crippen LogP contribution in [0, 0.1) is 17.5 Å². The first kappa shape index (κ1) is 11.7. The summed E-state index contributed by atoms with van der Waals surface area (Å²) in [6, 6.07) is 0.551. The van der Waals surface area contributed by atoms with Crippen LogP contribution in [-0.2, 0) is 5.41 Å². The van der Waals surface area contributed by atoms with Crippen LogP contribution < -0.4 is 5.73 Å². The third-order valence-corrected chi connectivity index (χ3v) is 3.63. The minimum absolute atomic E-state index is 0.0893. The highest BCUT2D eigenvalue weighted by Crippen LogP contribution is 2.52. The van der Waals surface area contributed by atoms with E-state index in [1.807, 2.05) is 0 Å². The molecule has 1 aliphatic carbocycles. The van der Waals surface area contributed by atoms with Crippen molar-refractivity contribution in [3.63, 3.8) is 0 Å². The first-order valence-corrected chi connectivity index (χ1v) is 5.37. The van der Waals surface area contributed by atoms with Gasteiger partial charge >= 0.3 is 0 Å². The molecule has 1 atom stereocenters. The predicted octanol–water partition coefficient (Wildman–Crippen LogP) is 3.14. The minimum Gasteiger partial charge on any atom is -0.327 e. The van der Waals surface area contributed by atoms with Gasteiger partial charge in [-0.1, -0.05) is 11.6 Å². The molecule has 1 saturated carbocycles. The van der Waals surface area contributed by atoms with Crippen molar-refractivity contribution in [2.24, 2.45) is 5.73 Å². The molecule has 2 rings (SSSR count). The molecule has 0 saturated heterocycles. The van der Waals surface area contributed by atoms with E-state index >= 15 is 0 Å². The van der Waals surface area contributed by atoms with E-state index in [1.165, 1.54) is 0 Å². The van der Waals surface area contributed by atoms with Crippen LogP contribution in [-0.4, -0.2) is 6.04 Å². The van der Waals surface area contributed by atoms with Gasteiger partial charge in [-0.15, -0.1) is 0 Å². The summed E-state index contributed by atoms with van der Waals surface area (Å²) in [6.45, 7) is 1.72. The first-order chi connectivity index (χ1) is 7.40. The Hall–Kier alpha value is -0.740. The molecule has 1 aliphatic rings. The number of hydrogen-bond donors (Lipinski definition) is 1. The third-order valence-electron chi connectivity index (χ3n) is 3.30. The molecule has 0 radical (unpaired) electrons. The Morgan fingerprint density at radius 1 is 1.31 bits per heavy atom. The summed E-state index contributed by atoms with van der Waals surface area (Å²) in [5.74, 6) is -3.37. The lowest BCUT2D eigenvalue weighted by atomic mass is 9.89. The van der Waals surface area contributed by atoms with Crippen molar-refractivity contribution in [3.8, 4) is 0 Å². The van der Waals surface area contributed by atoms with Gasteiger partial charge in [0, 0.05) is 17.0 Å². The van der Waals surface area contributed by atoms with Crippen molar-refractivity contribution in [2.45, 2.75) is 31.2 Å². The molecule has 1 aromatic carbocycles. The standard InChI is InChI=1S/C11H11ClF3N/c1-5(16)11(2-3-11)6-4-7(13)10(15)8(12)9(6)14/h4-5H,2-3,16H2,1H3.